The van der Waals surface area contributed by atoms with Gasteiger partial charge in [0.25, 0.3) is 0 Å². The molecule has 5 nitrogen and oxygen atoms in total. The van der Waals surface area contributed by atoms with Gasteiger partial charge >= 0.3 is 5.97 Å². The van der Waals surface area contributed by atoms with Gasteiger partial charge in [-0.25, -0.2) is 0 Å². The van der Waals surface area contributed by atoms with E-state index in [9.17, 15) is 14.4 Å². The predicted molar refractivity (Wildman–Crippen MR) is 108 cm³/mol. The highest BCUT2D eigenvalue weighted by Crippen LogP contribution is 2.10. The lowest BCUT2D eigenvalue weighted by molar-refractivity contribution is -0.141. The molecule has 2 aromatic carbocycles. The summed E-state index contributed by atoms with van der Waals surface area (Å²) in [5.74, 6) is -0.530. The van der Waals surface area contributed by atoms with E-state index in [0.29, 0.717) is 18.5 Å². The maximum Gasteiger partial charge on any atom is 0.307 e. The van der Waals surface area contributed by atoms with Crippen LogP contribution in [-0.2, 0) is 20.7 Å². The maximum absolute atomic E-state index is 12.7. The summed E-state index contributed by atoms with van der Waals surface area (Å²) in [6, 6.07) is 17.2. The smallest absolute Gasteiger partial charge is 0.307 e. The maximum atomic E-state index is 12.7. The van der Waals surface area contributed by atoms with Crippen molar-refractivity contribution in [1.82, 2.24) is 4.90 Å². The molecule has 148 valence electrons. The Labute approximate surface area is 166 Å². The number of Topliss-reactive ketones (excluding diaryl/α,β-unsaturated/α-hetero) is 1. The minimum atomic E-state index is -0.353. The molecule has 0 N–H and O–H groups in total. The van der Waals surface area contributed by atoms with Crippen molar-refractivity contribution in [3.05, 3.63) is 71.3 Å². The molecule has 0 fully saturated rings. The van der Waals surface area contributed by atoms with E-state index >= 15 is 0 Å². The van der Waals surface area contributed by atoms with E-state index in [2.05, 4.69) is 4.74 Å². The van der Waals surface area contributed by atoms with E-state index in [-0.39, 0.29) is 43.5 Å². The largest absolute Gasteiger partial charge is 0.469 e. The Morgan fingerprint density at radius 3 is 2.18 bits per heavy atom. The molecule has 0 heterocycles. The summed E-state index contributed by atoms with van der Waals surface area (Å²) in [6.07, 6.45) is 1.12. The van der Waals surface area contributed by atoms with Gasteiger partial charge in [-0.3, -0.25) is 14.4 Å². The van der Waals surface area contributed by atoms with Crippen LogP contribution >= 0.6 is 0 Å². The molecule has 0 aromatic heterocycles. The third-order valence-electron chi connectivity index (χ3n) is 4.62. The van der Waals surface area contributed by atoms with Gasteiger partial charge in [-0.15, -0.1) is 0 Å². The summed E-state index contributed by atoms with van der Waals surface area (Å²) in [5.41, 5.74) is 2.82. The number of nitrogens with zero attached hydrogens (tertiary/aromatic N) is 1. The summed E-state index contributed by atoms with van der Waals surface area (Å²) in [6.45, 7) is 2.75. The highest BCUT2D eigenvalue weighted by molar-refractivity contribution is 5.98. The molecule has 0 unspecified atom stereocenters. The second-order valence-corrected chi connectivity index (χ2v) is 6.73. The lowest BCUT2D eigenvalue weighted by Gasteiger charge is -2.22. The van der Waals surface area contributed by atoms with Gasteiger partial charge in [-0.2, -0.15) is 0 Å². The van der Waals surface area contributed by atoms with Gasteiger partial charge in [-0.05, 0) is 18.9 Å². The molecular formula is C23H27NO4. The van der Waals surface area contributed by atoms with Crippen molar-refractivity contribution >= 4 is 17.7 Å². The third-order valence-corrected chi connectivity index (χ3v) is 4.62. The van der Waals surface area contributed by atoms with E-state index in [1.54, 1.807) is 17.0 Å². The third kappa shape index (κ3) is 6.99. The molecule has 0 saturated carbocycles. The topological polar surface area (TPSA) is 63.7 Å². The van der Waals surface area contributed by atoms with Crippen LogP contribution in [0, 0.1) is 6.92 Å². The second-order valence-electron chi connectivity index (χ2n) is 6.73. The number of methoxy groups -OCH3 is 1. The quantitative estimate of drug-likeness (QED) is 0.466. The minimum absolute atomic E-state index is 0.0515. The molecule has 0 aliphatic rings. The summed E-state index contributed by atoms with van der Waals surface area (Å²) in [5, 5.41) is 0. The molecule has 2 aromatic rings. The second kappa shape index (κ2) is 11.0. The lowest BCUT2D eigenvalue weighted by Crippen LogP contribution is -2.35. The Bertz CT molecular complexity index is 784. The fourth-order valence-electron chi connectivity index (χ4n) is 2.86. The standard InChI is InChI=1S/C23H27NO4/c1-18-8-10-20(11-9-18)21(25)12-13-22(26)24(17-15-23(27)28-2)16-14-19-6-4-3-5-7-19/h3-11H,12-17H2,1-2H3. The first-order chi connectivity index (χ1) is 13.5. The number of ether oxygens (including phenoxy) is 1. The van der Waals surface area contributed by atoms with Crippen LogP contribution in [0.2, 0.25) is 0 Å². The Balaban J connectivity index is 1.93. The average molecular weight is 381 g/mol. The van der Waals surface area contributed by atoms with Crippen LogP contribution in [0.3, 0.4) is 0 Å². The summed E-state index contributed by atoms with van der Waals surface area (Å²) >= 11 is 0. The first-order valence-corrected chi connectivity index (χ1v) is 9.48. The molecule has 0 saturated heterocycles. The molecule has 0 aliphatic carbocycles. The molecular weight excluding hydrogens is 354 g/mol. The van der Waals surface area contributed by atoms with Crippen molar-refractivity contribution in [2.75, 3.05) is 20.2 Å². The van der Waals surface area contributed by atoms with Crippen molar-refractivity contribution in [1.29, 1.82) is 0 Å². The van der Waals surface area contributed by atoms with E-state index in [4.69, 9.17) is 0 Å². The van der Waals surface area contributed by atoms with Gasteiger partial charge in [0.05, 0.1) is 13.5 Å². The van der Waals surface area contributed by atoms with Crippen LogP contribution in [0.25, 0.3) is 0 Å². The van der Waals surface area contributed by atoms with E-state index in [1.807, 2.05) is 49.4 Å². The average Bonchev–Trinajstić information content (AvgIpc) is 2.72. The first kappa shape index (κ1) is 21.4. The van der Waals surface area contributed by atoms with Gasteiger partial charge in [0, 0.05) is 31.5 Å². The zero-order chi connectivity index (χ0) is 20.4. The number of hydrogen-bond donors (Lipinski definition) is 0. The number of hydrogen-bond acceptors (Lipinski definition) is 4. The van der Waals surface area contributed by atoms with Crippen molar-refractivity contribution in [3.63, 3.8) is 0 Å². The minimum Gasteiger partial charge on any atom is -0.469 e. The van der Waals surface area contributed by atoms with Gasteiger partial charge < -0.3 is 9.64 Å². The Hall–Kier alpha value is -2.95. The number of carbonyl (C=O) groups is 3. The predicted octanol–water partition coefficient (Wildman–Crippen LogP) is 3.59. The van der Waals surface area contributed by atoms with Crippen molar-refractivity contribution in [2.45, 2.75) is 32.6 Å². The van der Waals surface area contributed by atoms with Crippen LogP contribution in [0.15, 0.2) is 54.6 Å². The number of aryl methyl sites for hydroxylation is 1. The molecule has 2 rings (SSSR count). The first-order valence-electron chi connectivity index (χ1n) is 9.48. The van der Waals surface area contributed by atoms with Crippen molar-refractivity contribution < 1.29 is 19.1 Å². The van der Waals surface area contributed by atoms with Crippen LogP contribution in [0.4, 0.5) is 0 Å². The van der Waals surface area contributed by atoms with Gasteiger partial charge in [0.1, 0.15) is 0 Å². The highest BCUT2D eigenvalue weighted by Gasteiger charge is 2.17. The fourth-order valence-corrected chi connectivity index (χ4v) is 2.86. The van der Waals surface area contributed by atoms with Crippen LogP contribution in [0.1, 0.15) is 40.7 Å². The highest BCUT2D eigenvalue weighted by atomic mass is 16.5. The zero-order valence-corrected chi connectivity index (χ0v) is 16.5. The number of rotatable bonds is 10. The van der Waals surface area contributed by atoms with Crippen LogP contribution in [-0.4, -0.2) is 42.8 Å². The zero-order valence-electron chi connectivity index (χ0n) is 16.5. The Morgan fingerprint density at radius 2 is 1.54 bits per heavy atom. The number of amides is 1. The molecule has 0 bridgehead atoms. The Morgan fingerprint density at radius 1 is 0.857 bits per heavy atom. The molecule has 28 heavy (non-hydrogen) atoms. The molecule has 0 radical (unpaired) electrons. The Kier molecular flexibility index (Phi) is 8.40. The number of benzene rings is 2. The molecule has 5 heteroatoms. The van der Waals surface area contributed by atoms with E-state index in [1.165, 1.54) is 7.11 Å². The fraction of sp³-hybridized carbons (Fsp3) is 0.348. The number of ketones is 1. The molecule has 0 aliphatic heterocycles. The van der Waals surface area contributed by atoms with Gasteiger partial charge in [-0.1, -0.05) is 60.2 Å². The summed E-state index contributed by atoms with van der Waals surface area (Å²) in [4.78, 5) is 38.1. The van der Waals surface area contributed by atoms with Crippen LogP contribution < -0.4 is 0 Å². The number of carbonyl (C=O) groups excluding carboxylic acids is 3. The lowest BCUT2D eigenvalue weighted by atomic mass is 10.0. The molecule has 0 atom stereocenters. The normalized spacial score (nSPS) is 10.4. The SMILES string of the molecule is COC(=O)CCN(CCc1ccccc1)C(=O)CCC(=O)c1ccc(C)cc1. The molecule has 1 amide bonds. The monoisotopic (exact) mass is 381 g/mol. The molecule has 0 spiro atoms. The number of esters is 1. The van der Waals surface area contributed by atoms with E-state index < -0.39 is 0 Å². The summed E-state index contributed by atoms with van der Waals surface area (Å²) < 4.78 is 4.68. The van der Waals surface area contributed by atoms with Crippen molar-refractivity contribution in [2.24, 2.45) is 0 Å². The van der Waals surface area contributed by atoms with Crippen LogP contribution in [0.5, 0.6) is 0 Å². The van der Waals surface area contributed by atoms with Crippen molar-refractivity contribution in [3.8, 4) is 0 Å². The van der Waals surface area contributed by atoms with Gasteiger partial charge in [0.15, 0.2) is 5.78 Å². The summed E-state index contributed by atoms with van der Waals surface area (Å²) in [7, 11) is 1.33. The van der Waals surface area contributed by atoms with Gasteiger partial charge in [0.2, 0.25) is 5.91 Å². The van der Waals surface area contributed by atoms with E-state index in [0.717, 1.165) is 11.1 Å².